The molecule has 1 aromatic rings. The van der Waals surface area contributed by atoms with Gasteiger partial charge < -0.3 is 4.74 Å². The first-order valence-electron chi connectivity index (χ1n) is 3.78. The van der Waals surface area contributed by atoms with Crippen LogP contribution in [0.5, 0.6) is 0 Å². The monoisotopic (exact) mass is 175 g/mol. The molecule has 3 nitrogen and oxygen atoms in total. The largest absolute Gasteiger partial charge is 0.448 e. The van der Waals surface area contributed by atoms with Crippen molar-refractivity contribution in [2.24, 2.45) is 0 Å². The van der Waals surface area contributed by atoms with Gasteiger partial charge in [-0.1, -0.05) is 12.0 Å². The molecular formula is C10H9NO2. The van der Waals surface area contributed by atoms with Gasteiger partial charge in [0.15, 0.2) is 12.3 Å². The quantitative estimate of drug-likeness (QED) is 0.500. The van der Waals surface area contributed by atoms with Crippen LogP contribution in [0, 0.1) is 19.3 Å². The first kappa shape index (κ1) is 9.27. The van der Waals surface area contributed by atoms with Gasteiger partial charge in [0.05, 0.1) is 0 Å². The lowest BCUT2D eigenvalue weighted by Gasteiger charge is -2.02. The number of terminal acetylenes is 1. The summed E-state index contributed by atoms with van der Waals surface area (Å²) in [6.45, 7) is 1.77. The molecule has 0 atom stereocenters. The predicted molar refractivity (Wildman–Crippen MR) is 48.1 cm³/mol. The molecule has 0 radical (unpaired) electrons. The highest BCUT2D eigenvalue weighted by Gasteiger charge is 2.09. The topological polar surface area (TPSA) is 39.2 Å². The van der Waals surface area contributed by atoms with E-state index in [1.807, 2.05) is 0 Å². The molecule has 0 saturated carbocycles. The van der Waals surface area contributed by atoms with E-state index in [1.54, 1.807) is 25.3 Å². The second-order valence-corrected chi connectivity index (χ2v) is 2.45. The fraction of sp³-hybridized carbons (Fsp3) is 0.200. The third kappa shape index (κ3) is 2.31. The number of rotatable bonds is 2. The number of pyridine rings is 1. The Morgan fingerprint density at radius 1 is 1.77 bits per heavy atom. The summed E-state index contributed by atoms with van der Waals surface area (Å²) in [6, 6.07) is 3.55. The van der Waals surface area contributed by atoms with Gasteiger partial charge in [0, 0.05) is 6.20 Å². The molecule has 0 fully saturated rings. The van der Waals surface area contributed by atoms with Crippen LogP contribution in [-0.4, -0.2) is 17.6 Å². The van der Waals surface area contributed by atoms with Crippen LogP contribution < -0.4 is 0 Å². The SMILES string of the molecule is C#CCOC(=O)c1ncccc1C. The van der Waals surface area contributed by atoms with E-state index in [-0.39, 0.29) is 6.61 Å². The number of aryl methyl sites for hydroxylation is 1. The highest BCUT2D eigenvalue weighted by Crippen LogP contribution is 2.04. The molecule has 0 amide bonds. The zero-order chi connectivity index (χ0) is 9.68. The van der Waals surface area contributed by atoms with Crippen LogP contribution in [0.1, 0.15) is 16.1 Å². The van der Waals surface area contributed by atoms with Crippen LogP contribution in [0.2, 0.25) is 0 Å². The number of ether oxygens (including phenoxy) is 1. The first-order valence-corrected chi connectivity index (χ1v) is 3.78. The molecule has 0 aliphatic carbocycles. The van der Waals surface area contributed by atoms with Crippen molar-refractivity contribution in [2.45, 2.75) is 6.92 Å². The number of nitrogens with zero attached hydrogens (tertiary/aromatic N) is 1. The van der Waals surface area contributed by atoms with Crippen molar-refractivity contribution < 1.29 is 9.53 Å². The molecule has 3 heteroatoms. The minimum Gasteiger partial charge on any atom is -0.448 e. The Morgan fingerprint density at radius 3 is 3.15 bits per heavy atom. The molecule has 0 saturated heterocycles. The Balaban J connectivity index is 2.78. The Kier molecular flexibility index (Phi) is 3.04. The maximum absolute atomic E-state index is 11.2. The van der Waals surface area contributed by atoms with Gasteiger partial charge in [-0.25, -0.2) is 9.78 Å². The third-order valence-electron chi connectivity index (χ3n) is 1.49. The number of carbonyl (C=O) groups is 1. The molecule has 1 rings (SSSR count). The molecule has 0 aliphatic rings. The van der Waals surface area contributed by atoms with E-state index in [0.29, 0.717) is 5.69 Å². The van der Waals surface area contributed by atoms with Gasteiger partial charge in [-0.05, 0) is 18.6 Å². The molecule has 13 heavy (non-hydrogen) atoms. The smallest absolute Gasteiger partial charge is 0.358 e. The number of carbonyl (C=O) groups excluding carboxylic acids is 1. The fourth-order valence-electron chi connectivity index (χ4n) is 0.875. The zero-order valence-electron chi connectivity index (χ0n) is 7.28. The normalized spacial score (nSPS) is 8.92. The van der Waals surface area contributed by atoms with Gasteiger partial charge in [-0.15, -0.1) is 6.42 Å². The van der Waals surface area contributed by atoms with E-state index in [9.17, 15) is 4.79 Å². The third-order valence-corrected chi connectivity index (χ3v) is 1.49. The van der Waals surface area contributed by atoms with Gasteiger partial charge >= 0.3 is 5.97 Å². The summed E-state index contributed by atoms with van der Waals surface area (Å²) in [6.07, 6.45) is 6.49. The molecule has 1 heterocycles. The standard InChI is InChI=1S/C10H9NO2/c1-3-7-13-10(12)9-8(2)5-4-6-11-9/h1,4-6H,7H2,2H3. The van der Waals surface area contributed by atoms with Gasteiger partial charge in [0.25, 0.3) is 0 Å². The second kappa shape index (κ2) is 4.27. The average Bonchev–Trinajstić information content (AvgIpc) is 2.15. The molecule has 66 valence electrons. The summed E-state index contributed by atoms with van der Waals surface area (Å²) in [5.41, 5.74) is 1.10. The lowest BCUT2D eigenvalue weighted by molar-refractivity contribution is 0.0549. The van der Waals surface area contributed by atoms with Crippen LogP contribution in [-0.2, 0) is 4.74 Å². The van der Waals surface area contributed by atoms with Crippen molar-refractivity contribution >= 4 is 5.97 Å². The van der Waals surface area contributed by atoms with Gasteiger partial charge in [-0.2, -0.15) is 0 Å². The van der Waals surface area contributed by atoms with Crippen molar-refractivity contribution in [1.82, 2.24) is 4.98 Å². The summed E-state index contributed by atoms with van der Waals surface area (Å²) in [5.74, 6) is 1.74. The van der Waals surface area contributed by atoms with Crippen molar-refractivity contribution in [2.75, 3.05) is 6.61 Å². The predicted octanol–water partition coefficient (Wildman–Crippen LogP) is 1.18. The van der Waals surface area contributed by atoms with Crippen LogP contribution >= 0.6 is 0 Å². The Morgan fingerprint density at radius 2 is 2.54 bits per heavy atom. The van der Waals surface area contributed by atoms with Crippen molar-refractivity contribution in [1.29, 1.82) is 0 Å². The minimum absolute atomic E-state index is 0.0190. The van der Waals surface area contributed by atoms with E-state index in [2.05, 4.69) is 10.9 Å². The average molecular weight is 175 g/mol. The van der Waals surface area contributed by atoms with E-state index in [4.69, 9.17) is 11.2 Å². The van der Waals surface area contributed by atoms with Crippen molar-refractivity contribution in [3.63, 3.8) is 0 Å². The number of hydrogen-bond donors (Lipinski definition) is 0. The minimum atomic E-state index is -0.476. The molecule has 0 unspecified atom stereocenters. The summed E-state index contributed by atoms with van der Waals surface area (Å²) in [7, 11) is 0. The summed E-state index contributed by atoms with van der Waals surface area (Å²) >= 11 is 0. The molecule has 0 aliphatic heterocycles. The Labute approximate surface area is 76.8 Å². The lowest BCUT2D eigenvalue weighted by atomic mass is 10.2. The molecule has 0 spiro atoms. The summed E-state index contributed by atoms with van der Waals surface area (Å²) in [4.78, 5) is 15.1. The van der Waals surface area contributed by atoms with E-state index in [1.165, 1.54) is 0 Å². The maximum Gasteiger partial charge on any atom is 0.358 e. The maximum atomic E-state index is 11.2. The van der Waals surface area contributed by atoms with E-state index >= 15 is 0 Å². The van der Waals surface area contributed by atoms with Crippen molar-refractivity contribution in [3.8, 4) is 12.3 Å². The highest BCUT2D eigenvalue weighted by molar-refractivity contribution is 5.88. The van der Waals surface area contributed by atoms with Crippen LogP contribution in [0.15, 0.2) is 18.3 Å². The van der Waals surface area contributed by atoms with E-state index < -0.39 is 5.97 Å². The van der Waals surface area contributed by atoms with Gasteiger partial charge in [0.2, 0.25) is 0 Å². The van der Waals surface area contributed by atoms with Gasteiger partial charge in [0.1, 0.15) is 0 Å². The second-order valence-electron chi connectivity index (χ2n) is 2.45. The molecule has 0 aromatic carbocycles. The summed E-state index contributed by atoms with van der Waals surface area (Å²) in [5, 5.41) is 0. The van der Waals surface area contributed by atoms with E-state index in [0.717, 1.165) is 5.56 Å². The molecule has 0 bridgehead atoms. The van der Waals surface area contributed by atoms with Crippen LogP contribution in [0.25, 0.3) is 0 Å². The van der Waals surface area contributed by atoms with Crippen LogP contribution in [0.3, 0.4) is 0 Å². The zero-order valence-corrected chi connectivity index (χ0v) is 7.28. The molecule has 1 aromatic heterocycles. The highest BCUT2D eigenvalue weighted by atomic mass is 16.5. The van der Waals surface area contributed by atoms with Crippen molar-refractivity contribution in [3.05, 3.63) is 29.6 Å². The Hall–Kier alpha value is -1.82. The number of aromatic nitrogens is 1. The first-order chi connectivity index (χ1) is 6.25. The molecule has 0 N–H and O–H groups in total. The lowest BCUT2D eigenvalue weighted by Crippen LogP contribution is -2.09. The van der Waals surface area contributed by atoms with Gasteiger partial charge in [-0.3, -0.25) is 0 Å². The Bertz CT molecular complexity index is 352. The number of hydrogen-bond acceptors (Lipinski definition) is 3. The molecular weight excluding hydrogens is 166 g/mol. The van der Waals surface area contributed by atoms with Crippen LogP contribution in [0.4, 0.5) is 0 Å². The fourth-order valence-corrected chi connectivity index (χ4v) is 0.875. The summed E-state index contributed by atoms with van der Waals surface area (Å²) < 4.78 is 4.72. The number of esters is 1.